The van der Waals surface area contributed by atoms with Crippen molar-refractivity contribution in [3.8, 4) is 0 Å². The van der Waals surface area contributed by atoms with Gasteiger partial charge in [0.25, 0.3) is 0 Å². The Hall–Kier alpha value is -2.11. The molecule has 3 heterocycles. The zero-order valence-corrected chi connectivity index (χ0v) is 16.3. The maximum Gasteiger partial charge on any atom is 0.415 e. The van der Waals surface area contributed by atoms with E-state index in [2.05, 4.69) is 22.9 Å². The topological polar surface area (TPSA) is 45.7 Å². The highest BCUT2D eigenvalue weighted by molar-refractivity contribution is 6.30. The maximum atomic E-state index is 12.5. The maximum absolute atomic E-state index is 12.5. The van der Waals surface area contributed by atoms with Gasteiger partial charge in [0.1, 0.15) is 5.60 Å². The Morgan fingerprint density at radius 1 is 1.19 bits per heavy atom. The average molecular weight is 386 g/mol. The molecule has 0 N–H and O–H groups in total. The minimum atomic E-state index is -0.398. The molecule has 4 rings (SSSR count). The van der Waals surface area contributed by atoms with Gasteiger partial charge in [-0.1, -0.05) is 17.7 Å². The van der Waals surface area contributed by atoms with Crippen LogP contribution in [0.4, 0.5) is 10.5 Å². The number of rotatable bonds is 3. The van der Waals surface area contributed by atoms with Crippen LogP contribution >= 0.6 is 11.6 Å². The molecule has 6 heteroatoms. The molecule has 0 bridgehead atoms. The van der Waals surface area contributed by atoms with Crippen molar-refractivity contribution < 1.29 is 9.53 Å². The highest BCUT2D eigenvalue weighted by Gasteiger charge is 2.46. The fourth-order valence-electron chi connectivity index (χ4n) is 3.98. The largest absolute Gasteiger partial charge is 0.441 e. The van der Waals surface area contributed by atoms with Crippen LogP contribution in [0.25, 0.3) is 0 Å². The summed E-state index contributed by atoms with van der Waals surface area (Å²) in [7, 11) is 0. The standard InChI is InChI=1S/C21H24ClN3O2/c1-16-4-2-11-23-19(16)14-24-12-3-9-21(10-13-24)15-25(20(26)27-21)18-7-5-17(22)6-8-18/h2,4-8,11H,3,9-10,12-15H2,1H3. The van der Waals surface area contributed by atoms with Crippen molar-refractivity contribution in [2.75, 3.05) is 24.5 Å². The van der Waals surface area contributed by atoms with Gasteiger partial charge in [-0.25, -0.2) is 4.79 Å². The van der Waals surface area contributed by atoms with Gasteiger partial charge in [0.05, 0.1) is 12.2 Å². The van der Waals surface area contributed by atoms with Crippen molar-refractivity contribution in [3.05, 3.63) is 58.9 Å². The summed E-state index contributed by atoms with van der Waals surface area (Å²) in [5, 5.41) is 0.663. The van der Waals surface area contributed by atoms with Gasteiger partial charge >= 0.3 is 6.09 Å². The fourth-order valence-corrected chi connectivity index (χ4v) is 4.11. The lowest BCUT2D eigenvalue weighted by Crippen LogP contribution is -2.36. The van der Waals surface area contributed by atoms with Crippen molar-refractivity contribution in [2.45, 2.75) is 38.3 Å². The van der Waals surface area contributed by atoms with Crippen molar-refractivity contribution >= 4 is 23.4 Å². The number of aromatic nitrogens is 1. The molecule has 1 atom stereocenters. The third kappa shape index (κ3) is 3.94. The summed E-state index contributed by atoms with van der Waals surface area (Å²) in [6, 6.07) is 11.4. The summed E-state index contributed by atoms with van der Waals surface area (Å²) in [6.45, 7) is 5.44. The van der Waals surface area contributed by atoms with Crippen molar-refractivity contribution in [3.63, 3.8) is 0 Å². The molecule has 0 radical (unpaired) electrons. The number of benzene rings is 1. The number of anilines is 1. The van der Waals surface area contributed by atoms with Crippen LogP contribution in [0.1, 0.15) is 30.5 Å². The summed E-state index contributed by atoms with van der Waals surface area (Å²) in [5.41, 5.74) is 2.79. The highest BCUT2D eigenvalue weighted by atomic mass is 35.5. The Balaban J connectivity index is 1.44. The molecule has 1 aromatic carbocycles. The molecular weight excluding hydrogens is 362 g/mol. The third-order valence-electron chi connectivity index (χ3n) is 5.59. The number of nitrogens with zero attached hydrogens (tertiary/aromatic N) is 3. The van der Waals surface area contributed by atoms with E-state index in [1.165, 1.54) is 5.56 Å². The van der Waals surface area contributed by atoms with Crippen LogP contribution in [-0.2, 0) is 11.3 Å². The van der Waals surface area contributed by atoms with Crippen LogP contribution in [0, 0.1) is 6.92 Å². The molecule has 5 nitrogen and oxygen atoms in total. The number of hydrogen-bond acceptors (Lipinski definition) is 4. The number of amides is 1. The van der Waals surface area contributed by atoms with E-state index < -0.39 is 5.60 Å². The molecule has 142 valence electrons. The summed E-state index contributed by atoms with van der Waals surface area (Å²) in [5.74, 6) is 0. The Bertz CT molecular complexity index is 826. The molecule has 1 amide bonds. The number of aryl methyl sites for hydroxylation is 1. The molecule has 27 heavy (non-hydrogen) atoms. The van der Waals surface area contributed by atoms with Crippen LogP contribution in [0.15, 0.2) is 42.6 Å². The van der Waals surface area contributed by atoms with E-state index in [9.17, 15) is 4.79 Å². The SMILES string of the molecule is Cc1cccnc1CN1CCCC2(CC1)CN(c1ccc(Cl)cc1)C(=O)O2. The smallest absolute Gasteiger partial charge is 0.415 e. The molecule has 2 aromatic rings. The molecule has 2 aliphatic heterocycles. The van der Waals surface area contributed by atoms with E-state index in [1.54, 1.807) is 17.0 Å². The zero-order chi connectivity index (χ0) is 18.9. The van der Waals surface area contributed by atoms with Gasteiger partial charge in [-0.05, 0) is 62.2 Å². The van der Waals surface area contributed by atoms with Crippen molar-refractivity contribution in [2.24, 2.45) is 0 Å². The fraction of sp³-hybridized carbons (Fsp3) is 0.429. The third-order valence-corrected chi connectivity index (χ3v) is 5.84. The average Bonchev–Trinajstić information content (AvgIpc) is 2.86. The number of hydrogen-bond donors (Lipinski definition) is 0. The number of halogens is 1. The Morgan fingerprint density at radius 2 is 2.00 bits per heavy atom. The molecule has 0 saturated carbocycles. The van der Waals surface area contributed by atoms with E-state index in [4.69, 9.17) is 16.3 Å². The Morgan fingerprint density at radius 3 is 2.78 bits per heavy atom. The first kappa shape index (κ1) is 18.3. The number of likely N-dealkylation sites (tertiary alicyclic amines) is 1. The summed E-state index contributed by atoms with van der Waals surface area (Å²) < 4.78 is 5.90. The van der Waals surface area contributed by atoms with Gasteiger partial charge in [-0.2, -0.15) is 0 Å². The Kier molecular flexibility index (Phi) is 5.06. The van der Waals surface area contributed by atoms with Crippen molar-refractivity contribution in [1.82, 2.24) is 9.88 Å². The quantitative estimate of drug-likeness (QED) is 0.784. The van der Waals surface area contributed by atoms with Crippen LogP contribution in [-0.4, -0.2) is 41.2 Å². The lowest BCUT2D eigenvalue weighted by atomic mass is 9.95. The number of carbonyl (C=O) groups excluding carboxylic acids is 1. The molecule has 1 spiro atoms. The number of ether oxygens (including phenoxy) is 1. The second-order valence-electron chi connectivity index (χ2n) is 7.51. The first-order chi connectivity index (χ1) is 13.0. The van der Waals surface area contributed by atoms with Gasteiger partial charge in [0, 0.05) is 36.4 Å². The van der Waals surface area contributed by atoms with E-state index in [0.29, 0.717) is 11.6 Å². The number of carbonyl (C=O) groups is 1. The molecule has 2 aliphatic rings. The van der Waals surface area contributed by atoms with Gasteiger partial charge in [0.15, 0.2) is 0 Å². The molecular formula is C21H24ClN3O2. The lowest BCUT2D eigenvalue weighted by molar-refractivity contribution is 0.0442. The van der Waals surface area contributed by atoms with Crippen molar-refractivity contribution in [1.29, 1.82) is 0 Å². The van der Waals surface area contributed by atoms with Gasteiger partial charge in [-0.3, -0.25) is 14.8 Å². The molecule has 2 saturated heterocycles. The minimum Gasteiger partial charge on any atom is -0.441 e. The molecule has 1 aromatic heterocycles. The molecule has 2 fully saturated rings. The predicted molar refractivity (Wildman–Crippen MR) is 106 cm³/mol. The van der Waals surface area contributed by atoms with Crippen LogP contribution in [0.3, 0.4) is 0 Å². The Labute approximate surface area is 164 Å². The summed E-state index contributed by atoms with van der Waals surface area (Å²) >= 11 is 5.97. The van der Waals surface area contributed by atoms with Gasteiger partial charge in [0.2, 0.25) is 0 Å². The predicted octanol–water partition coefficient (Wildman–Crippen LogP) is 4.42. The first-order valence-electron chi connectivity index (χ1n) is 9.44. The van der Waals surface area contributed by atoms with Gasteiger partial charge < -0.3 is 4.74 Å². The van der Waals surface area contributed by atoms with Crippen LogP contribution < -0.4 is 4.90 Å². The van der Waals surface area contributed by atoms with Crippen LogP contribution in [0.5, 0.6) is 0 Å². The lowest BCUT2D eigenvalue weighted by Gasteiger charge is -2.25. The summed E-state index contributed by atoms with van der Waals surface area (Å²) in [4.78, 5) is 21.2. The monoisotopic (exact) mass is 385 g/mol. The summed E-state index contributed by atoms with van der Waals surface area (Å²) in [6.07, 6.45) is 4.33. The minimum absolute atomic E-state index is 0.258. The van der Waals surface area contributed by atoms with E-state index >= 15 is 0 Å². The molecule has 1 unspecified atom stereocenters. The van der Waals surface area contributed by atoms with E-state index in [1.807, 2.05) is 24.4 Å². The van der Waals surface area contributed by atoms with Crippen LogP contribution in [0.2, 0.25) is 5.02 Å². The van der Waals surface area contributed by atoms with Gasteiger partial charge in [-0.15, -0.1) is 0 Å². The normalized spacial score (nSPS) is 23.5. The molecule has 0 aliphatic carbocycles. The second-order valence-corrected chi connectivity index (χ2v) is 7.95. The first-order valence-corrected chi connectivity index (χ1v) is 9.81. The number of pyridine rings is 1. The van der Waals surface area contributed by atoms with E-state index in [-0.39, 0.29) is 6.09 Å². The highest BCUT2D eigenvalue weighted by Crippen LogP contribution is 2.36. The zero-order valence-electron chi connectivity index (χ0n) is 15.5. The second kappa shape index (κ2) is 7.49. The van der Waals surface area contributed by atoms with E-state index in [0.717, 1.165) is 50.3 Å².